The first-order chi connectivity index (χ1) is 17.4. The highest BCUT2D eigenvalue weighted by atomic mass is 79.9. The van der Waals surface area contributed by atoms with Crippen molar-refractivity contribution < 1.29 is 28.2 Å². The zero-order valence-corrected chi connectivity index (χ0v) is 22.2. The molecule has 3 aromatic carbocycles. The summed E-state index contributed by atoms with van der Waals surface area (Å²) in [7, 11) is 1.49. The van der Waals surface area contributed by atoms with Crippen molar-refractivity contribution >= 4 is 56.5 Å². The quantitative estimate of drug-likeness (QED) is 0.251. The molecule has 3 aromatic rings. The Morgan fingerprint density at radius 3 is 2.61 bits per heavy atom. The average molecular weight is 593 g/mol. The van der Waals surface area contributed by atoms with E-state index in [4.69, 9.17) is 25.8 Å². The minimum Gasteiger partial charge on any atom is -0.493 e. The van der Waals surface area contributed by atoms with E-state index in [1.165, 1.54) is 19.2 Å². The molecule has 0 N–H and O–H groups in total. The second-order valence-corrected chi connectivity index (χ2v) is 9.82. The maximum Gasteiger partial charge on any atom is 0.293 e. The first kappa shape index (κ1) is 26.1. The predicted molar refractivity (Wildman–Crippen MR) is 141 cm³/mol. The minimum absolute atomic E-state index is 0.0904. The van der Waals surface area contributed by atoms with Crippen molar-refractivity contribution in [3.63, 3.8) is 0 Å². The van der Waals surface area contributed by atoms with Crippen molar-refractivity contribution in [2.24, 2.45) is 0 Å². The van der Waals surface area contributed by atoms with E-state index in [9.17, 15) is 14.0 Å². The summed E-state index contributed by atoms with van der Waals surface area (Å²) in [5.41, 5.74) is 1.30. The molecule has 6 nitrogen and oxygen atoms in total. The van der Waals surface area contributed by atoms with Crippen LogP contribution in [0.1, 0.15) is 11.1 Å². The third kappa shape index (κ3) is 6.21. The van der Waals surface area contributed by atoms with Gasteiger partial charge in [0.25, 0.3) is 11.1 Å². The van der Waals surface area contributed by atoms with Crippen molar-refractivity contribution in [3.05, 3.63) is 92.0 Å². The zero-order chi connectivity index (χ0) is 25.7. The number of halogens is 3. The number of thioether (sulfide) groups is 1. The maximum absolute atomic E-state index is 13.4. The Hall–Kier alpha value is -3.01. The second kappa shape index (κ2) is 11.8. The fourth-order valence-corrected chi connectivity index (χ4v) is 5.03. The highest BCUT2D eigenvalue weighted by molar-refractivity contribution is 9.10. The van der Waals surface area contributed by atoms with Crippen molar-refractivity contribution in [1.29, 1.82) is 0 Å². The number of ether oxygens (including phenoxy) is 3. The van der Waals surface area contributed by atoms with Crippen molar-refractivity contribution in [2.45, 2.75) is 6.61 Å². The highest BCUT2D eigenvalue weighted by Crippen LogP contribution is 2.39. The zero-order valence-electron chi connectivity index (χ0n) is 19.0. The van der Waals surface area contributed by atoms with Crippen LogP contribution in [-0.4, -0.2) is 36.3 Å². The summed E-state index contributed by atoms with van der Waals surface area (Å²) in [4.78, 5) is 26.7. The van der Waals surface area contributed by atoms with Crippen LogP contribution in [0.2, 0.25) is 5.02 Å². The Labute approximate surface area is 225 Å². The summed E-state index contributed by atoms with van der Waals surface area (Å²) < 4.78 is 30.9. The van der Waals surface area contributed by atoms with Crippen LogP contribution < -0.4 is 14.2 Å². The lowest BCUT2D eigenvalue weighted by Crippen LogP contribution is -2.32. The summed E-state index contributed by atoms with van der Waals surface area (Å²) in [5, 5.41) is 0.0736. The van der Waals surface area contributed by atoms with Gasteiger partial charge in [-0.2, -0.15) is 0 Å². The van der Waals surface area contributed by atoms with E-state index in [0.717, 1.165) is 16.7 Å². The number of amides is 2. The molecule has 2 amide bonds. The van der Waals surface area contributed by atoms with Gasteiger partial charge in [0.05, 0.1) is 28.1 Å². The molecule has 186 valence electrons. The van der Waals surface area contributed by atoms with Gasteiger partial charge in [0.2, 0.25) is 0 Å². The molecule has 1 fully saturated rings. The Morgan fingerprint density at radius 1 is 1.06 bits per heavy atom. The average Bonchev–Trinajstić information content (AvgIpc) is 3.11. The first-order valence-electron chi connectivity index (χ1n) is 10.7. The number of rotatable bonds is 9. The van der Waals surface area contributed by atoms with Crippen LogP contribution >= 0.6 is 39.3 Å². The molecule has 0 spiro atoms. The van der Waals surface area contributed by atoms with Gasteiger partial charge in [-0.15, -0.1) is 0 Å². The van der Waals surface area contributed by atoms with Crippen LogP contribution in [0.3, 0.4) is 0 Å². The number of benzene rings is 3. The fraction of sp³-hybridized carbons (Fsp3) is 0.154. The van der Waals surface area contributed by atoms with E-state index in [1.807, 2.05) is 0 Å². The normalized spacial score (nSPS) is 14.4. The molecule has 1 aliphatic heterocycles. The molecule has 0 unspecified atom stereocenters. The Balaban J connectivity index is 1.44. The number of imide groups is 1. The lowest BCUT2D eigenvalue weighted by Gasteiger charge is -2.14. The summed E-state index contributed by atoms with van der Waals surface area (Å²) in [5.74, 6) is 0.581. The third-order valence-corrected chi connectivity index (χ3v) is 6.91. The Kier molecular flexibility index (Phi) is 8.56. The van der Waals surface area contributed by atoms with Gasteiger partial charge in [-0.1, -0.05) is 35.9 Å². The molecule has 1 heterocycles. The van der Waals surface area contributed by atoms with Gasteiger partial charge >= 0.3 is 0 Å². The molecule has 0 aliphatic carbocycles. The first-order valence-corrected chi connectivity index (χ1v) is 12.7. The SMILES string of the molecule is COc1cc(/C=C2\SC(=O)N(CCOc3ccccc3Cl)C2=O)cc(Br)c1OCc1cccc(F)c1. The Bertz CT molecular complexity index is 1340. The number of methoxy groups -OCH3 is 1. The van der Waals surface area contributed by atoms with Gasteiger partial charge < -0.3 is 14.2 Å². The van der Waals surface area contributed by atoms with Gasteiger partial charge in [-0.05, 0) is 81.3 Å². The largest absolute Gasteiger partial charge is 0.493 e. The molecule has 0 atom stereocenters. The monoisotopic (exact) mass is 591 g/mol. The number of hydrogen-bond donors (Lipinski definition) is 0. The summed E-state index contributed by atoms with van der Waals surface area (Å²) in [6, 6.07) is 16.6. The molecule has 10 heteroatoms. The molecule has 0 saturated carbocycles. The molecule has 0 aromatic heterocycles. The Morgan fingerprint density at radius 2 is 1.86 bits per heavy atom. The standard InChI is InChI=1S/C26H20BrClFNO5S/c1-33-22-13-17(12-19(27)24(22)35-15-16-5-4-6-18(29)11-16)14-23-25(31)30(26(32)36-23)9-10-34-21-8-3-2-7-20(21)28/h2-8,11-14H,9-10,15H2,1H3/b23-14-. The maximum atomic E-state index is 13.4. The van der Waals surface area contributed by atoms with E-state index in [-0.39, 0.29) is 35.7 Å². The molecule has 0 bridgehead atoms. The van der Waals surface area contributed by atoms with Crippen LogP contribution in [0.5, 0.6) is 17.2 Å². The lowest BCUT2D eigenvalue weighted by molar-refractivity contribution is -0.123. The van der Waals surface area contributed by atoms with Crippen LogP contribution in [0.25, 0.3) is 6.08 Å². The molecular weight excluding hydrogens is 573 g/mol. The number of carbonyl (C=O) groups excluding carboxylic acids is 2. The fourth-order valence-electron chi connectivity index (χ4n) is 3.40. The molecule has 1 aliphatic rings. The van der Waals surface area contributed by atoms with Gasteiger partial charge in [0, 0.05) is 0 Å². The molecule has 1 saturated heterocycles. The number of carbonyl (C=O) groups is 2. The van der Waals surface area contributed by atoms with E-state index in [0.29, 0.717) is 37.9 Å². The van der Waals surface area contributed by atoms with Crippen LogP contribution in [0, 0.1) is 5.82 Å². The third-order valence-electron chi connectivity index (χ3n) is 5.10. The minimum atomic E-state index is -0.408. The second-order valence-electron chi connectivity index (χ2n) is 7.56. The van der Waals surface area contributed by atoms with E-state index in [1.54, 1.807) is 54.6 Å². The van der Waals surface area contributed by atoms with Crippen LogP contribution in [0.15, 0.2) is 70.0 Å². The number of para-hydroxylation sites is 1. The van der Waals surface area contributed by atoms with Crippen molar-refractivity contribution in [2.75, 3.05) is 20.3 Å². The molecular formula is C26H20BrClFNO5S. The molecule has 4 rings (SSSR count). The van der Waals surface area contributed by atoms with Gasteiger partial charge in [0.15, 0.2) is 11.5 Å². The van der Waals surface area contributed by atoms with Gasteiger partial charge in [0.1, 0.15) is 24.8 Å². The highest BCUT2D eigenvalue weighted by Gasteiger charge is 2.35. The summed E-state index contributed by atoms with van der Waals surface area (Å²) in [6.07, 6.45) is 1.61. The summed E-state index contributed by atoms with van der Waals surface area (Å²) in [6.45, 7) is 0.347. The predicted octanol–water partition coefficient (Wildman–Crippen LogP) is 6.94. The van der Waals surface area contributed by atoms with Gasteiger partial charge in [-0.25, -0.2) is 4.39 Å². The van der Waals surface area contributed by atoms with Crippen LogP contribution in [0.4, 0.5) is 9.18 Å². The lowest BCUT2D eigenvalue weighted by atomic mass is 10.1. The van der Waals surface area contributed by atoms with Crippen molar-refractivity contribution in [3.8, 4) is 17.2 Å². The summed E-state index contributed by atoms with van der Waals surface area (Å²) >= 11 is 10.4. The topological polar surface area (TPSA) is 65.1 Å². The van der Waals surface area contributed by atoms with Crippen LogP contribution in [-0.2, 0) is 11.4 Å². The van der Waals surface area contributed by atoms with E-state index >= 15 is 0 Å². The van der Waals surface area contributed by atoms with E-state index < -0.39 is 5.91 Å². The number of nitrogens with zero attached hydrogens (tertiary/aromatic N) is 1. The van der Waals surface area contributed by atoms with E-state index in [2.05, 4.69) is 15.9 Å². The van der Waals surface area contributed by atoms with Crippen molar-refractivity contribution in [1.82, 2.24) is 4.90 Å². The number of hydrogen-bond acceptors (Lipinski definition) is 6. The van der Waals surface area contributed by atoms with Gasteiger partial charge in [-0.3, -0.25) is 14.5 Å². The molecule has 36 heavy (non-hydrogen) atoms. The smallest absolute Gasteiger partial charge is 0.293 e. The molecule has 0 radical (unpaired) electrons.